The molecule has 1 aliphatic heterocycles. The van der Waals surface area contributed by atoms with Crippen molar-refractivity contribution in [3.05, 3.63) is 46.2 Å². The molecule has 1 fully saturated rings. The van der Waals surface area contributed by atoms with Crippen molar-refractivity contribution >= 4 is 22.9 Å². The summed E-state index contributed by atoms with van der Waals surface area (Å²) in [5.41, 5.74) is 1.03. The first-order chi connectivity index (χ1) is 12.7. The minimum atomic E-state index is -0.533. The topological polar surface area (TPSA) is 45.2 Å². The number of nitrogens with one attached hydrogen (secondary N) is 1. The summed E-state index contributed by atoms with van der Waals surface area (Å²) >= 11 is 1.64. The van der Waals surface area contributed by atoms with Gasteiger partial charge in [-0.05, 0) is 49.6 Å². The normalized spacial score (nSPS) is 20.5. The largest absolute Gasteiger partial charge is 0.308 e. The van der Waals surface area contributed by atoms with E-state index in [4.69, 9.17) is 4.98 Å². The zero-order valence-corrected chi connectivity index (χ0v) is 17.3. The quantitative estimate of drug-likeness (QED) is 0.807. The molecule has 3 rings (SSSR count). The molecule has 146 valence electrons. The summed E-state index contributed by atoms with van der Waals surface area (Å²) < 4.78 is 13.3. The number of aromatic nitrogens is 1. The van der Waals surface area contributed by atoms with Crippen molar-refractivity contribution in [1.82, 2.24) is 10.3 Å². The molecular weight excluding hydrogens is 361 g/mol. The average Bonchev–Trinajstić information content (AvgIpc) is 3.08. The van der Waals surface area contributed by atoms with E-state index in [2.05, 4.69) is 12.2 Å². The first-order valence-electron chi connectivity index (χ1n) is 9.49. The first kappa shape index (κ1) is 20.0. The Morgan fingerprint density at radius 2 is 2.00 bits per heavy atom. The van der Waals surface area contributed by atoms with Gasteiger partial charge in [-0.3, -0.25) is 4.79 Å². The number of halogens is 1. The lowest BCUT2D eigenvalue weighted by molar-refractivity contribution is -0.125. The van der Waals surface area contributed by atoms with Crippen molar-refractivity contribution in [2.24, 2.45) is 11.3 Å². The standard InChI is InChI=1S/C21H28FN3OS/c1-14-5-10-18(23-11-14)19-24-16(13-27-19)12-25(20(26)21(2,3)4)17-8-6-15(22)7-9-17/h6-9,13-14,18,23H,5,10-12H2,1-4H3. The van der Waals surface area contributed by atoms with Gasteiger partial charge in [-0.1, -0.05) is 27.7 Å². The Balaban J connectivity index is 1.80. The summed E-state index contributed by atoms with van der Waals surface area (Å²) in [4.78, 5) is 19.5. The van der Waals surface area contributed by atoms with Gasteiger partial charge in [0.1, 0.15) is 10.8 Å². The van der Waals surface area contributed by atoms with Gasteiger partial charge in [0.15, 0.2) is 0 Å². The molecule has 6 heteroatoms. The van der Waals surface area contributed by atoms with E-state index in [9.17, 15) is 9.18 Å². The van der Waals surface area contributed by atoms with Crippen LogP contribution >= 0.6 is 11.3 Å². The van der Waals surface area contributed by atoms with Crippen LogP contribution in [0.4, 0.5) is 10.1 Å². The van der Waals surface area contributed by atoms with Gasteiger partial charge in [0.25, 0.3) is 0 Å². The van der Waals surface area contributed by atoms with E-state index in [0.717, 1.165) is 23.7 Å². The molecule has 1 saturated heterocycles. The van der Waals surface area contributed by atoms with Crippen molar-refractivity contribution in [2.75, 3.05) is 11.4 Å². The van der Waals surface area contributed by atoms with E-state index in [1.54, 1.807) is 28.4 Å². The summed E-state index contributed by atoms with van der Waals surface area (Å²) in [7, 11) is 0. The summed E-state index contributed by atoms with van der Waals surface area (Å²) in [6, 6.07) is 6.38. The fourth-order valence-corrected chi connectivity index (χ4v) is 4.15. The molecule has 2 heterocycles. The highest BCUT2D eigenvalue weighted by Gasteiger charge is 2.29. The molecule has 1 aromatic heterocycles. The number of carbonyl (C=O) groups is 1. The fraction of sp³-hybridized carbons (Fsp3) is 0.524. The third-order valence-electron chi connectivity index (χ3n) is 4.87. The molecule has 2 unspecified atom stereocenters. The van der Waals surface area contributed by atoms with Crippen molar-refractivity contribution in [3.63, 3.8) is 0 Å². The highest BCUT2D eigenvalue weighted by atomic mass is 32.1. The molecule has 2 aromatic rings. The number of rotatable bonds is 4. The monoisotopic (exact) mass is 389 g/mol. The van der Waals surface area contributed by atoms with Crippen LogP contribution in [0.2, 0.25) is 0 Å². The van der Waals surface area contributed by atoms with Crippen LogP contribution < -0.4 is 10.2 Å². The molecule has 0 spiro atoms. The summed E-state index contributed by atoms with van der Waals surface area (Å²) in [5, 5.41) is 6.67. The Labute approximate surface area is 164 Å². The third-order valence-corrected chi connectivity index (χ3v) is 5.88. The number of carbonyl (C=O) groups excluding carboxylic acids is 1. The zero-order chi connectivity index (χ0) is 19.6. The van der Waals surface area contributed by atoms with Crippen LogP contribution in [-0.4, -0.2) is 17.4 Å². The van der Waals surface area contributed by atoms with E-state index in [1.807, 2.05) is 26.2 Å². The van der Waals surface area contributed by atoms with Crippen LogP contribution in [0.3, 0.4) is 0 Å². The van der Waals surface area contributed by atoms with Gasteiger partial charge in [-0.15, -0.1) is 11.3 Å². The van der Waals surface area contributed by atoms with Crippen molar-refractivity contribution < 1.29 is 9.18 Å². The number of nitrogens with zero attached hydrogens (tertiary/aromatic N) is 2. The highest BCUT2D eigenvalue weighted by molar-refractivity contribution is 7.09. The number of amides is 1. The van der Waals surface area contributed by atoms with Gasteiger partial charge in [-0.2, -0.15) is 0 Å². The summed E-state index contributed by atoms with van der Waals surface area (Å²) in [6.45, 7) is 9.35. The molecule has 1 N–H and O–H groups in total. The second kappa shape index (κ2) is 8.07. The molecule has 0 bridgehead atoms. The lowest BCUT2D eigenvalue weighted by Gasteiger charge is -2.29. The van der Waals surface area contributed by atoms with Gasteiger partial charge in [0, 0.05) is 16.5 Å². The van der Waals surface area contributed by atoms with Gasteiger partial charge >= 0.3 is 0 Å². The number of anilines is 1. The van der Waals surface area contributed by atoms with Gasteiger partial charge in [0.05, 0.1) is 18.3 Å². The number of piperidine rings is 1. The molecular formula is C21H28FN3OS. The molecule has 2 atom stereocenters. The van der Waals surface area contributed by atoms with Crippen LogP contribution in [-0.2, 0) is 11.3 Å². The van der Waals surface area contributed by atoms with E-state index in [0.29, 0.717) is 24.2 Å². The number of benzene rings is 1. The molecule has 0 saturated carbocycles. The van der Waals surface area contributed by atoms with Crippen LogP contribution in [0, 0.1) is 17.2 Å². The van der Waals surface area contributed by atoms with Crippen LogP contribution in [0.25, 0.3) is 0 Å². The lowest BCUT2D eigenvalue weighted by Crippen LogP contribution is -2.39. The molecule has 1 amide bonds. The molecule has 0 aliphatic carbocycles. The maximum atomic E-state index is 13.3. The van der Waals surface area contributed by atoms with Gasteiger partial charge < -0.3 is 10.2 Å². The van der Waals surface area contributed by atoms with Gasteiger partial charge in [0.2, 0.25) is 5.91 Å². The molecule has 1 aromatic carbocycles. The molecule has 0 radical (unpaired) electrons. The second-order valence-electron chi connectivity index (χ2n) is 8.44. The number of hydrogen-bond acceptors (Lipinski definition) is 4. The Bertz CT molecular complexity index is 773. The maximum absolute atomic E-state index is 13.3. The van der Waals surface area contributed by atoms with E-state index in [-0.39, 0.29) is 11.7 Å². The Hall–Kier alpha value is -1.79. The summed E-state index contributed by atoms with van der Waals surface area (Å²) in [6.07, 6.45) is 2.30. The Morgan fingerprint density at radius 3 is 2.59 bits per heavy atom. The predicted molar refractivity (Wildman–Crippen MR) is 108 cm³/mol. The highest BCUT2D eigenvalue weighted by Crippen LogP contribution is 2.30. The number of thiazole rings is 1. The zero-order valence-electron chi connectivity index (χ0n) is 16.5. The molecule has 1 aliphatic rings. The first-order valence-corrected chi connectivity index (χ1v) is 10.4. The second-order valence-corrected chi connectivity index (χ2v) is 9.33. The minimum absolute atomic E-state index is 0.00623. The average molecular weight is 390 g/mol. The number of hydrogen-bond donors (Lipinski definition) is 1. The third kappa shape index (κ3) is 4.93. The Kier molecular flexibility index (Phi) is 5.96. The van der Waals surface area contributed by atoms with Crippen molar-refractivity contribution in [1.29, 1.82) is 0 Å². The smallest absolute Gasteiger partial charge is 0.232 e. The van der Waals surface area contributed by atoms with Crippen molar-refractivity contribution in [2.45, 2.75) is 53.1 Å². The predicted octanol–water partition coefficient (Wildman–Crippen LogP) is 4.92. The minimum Gasteiger partial charge on any atom is -0.308 e. The summed E-state index contributed by atoms with van der Waals surface area (Å²) in [5.74, 6) is 0.391. The lowest BCUT2D eigenvalue weighted by atomic mass is 9.94. The van der Waals surface area contributed by atoms with Crippen LogP contribution in [0.1, 0.15) is 57.3 Å². The van der Waals surface area contributed by atoms with E-state index in [1.165, 1.54) is 18.6 Å². The Morgan fingerprint density at radius 1 is 1.30 bits per heavy atom. The fourth-order valence-electron chi connectivity index (χ4n) is 3.23. The van der Waals surface area contributed by atoms with Crippen molar-refractivity contribution in [3.8, 4) is 0 Å². The van der Waals surface area contributed by atoms with E-state index < -0.39 is 5.41 Å². The van der Waals surface area contributed by atoms with E-state index >= 15 is 0 Å². The SMILES string of the molecule is CC1CCC(c2nc(CN(C(=O)C(C)(C)C)c3ccc(F)cc3)cs2)NC1. The molecule has 4 nitrogen and oxygen atoms in total. The molecule has 27 heavy (non-hydrogen) atoms. The van der Waals surface area contributed by atoms with Gasteiger partial charge in [-0.25, -0.2) is 9.37 Å². The maximum Gasteiger partial charge on any atom is 0.232 e. The van der Waals surface area contributed by atoms with Crippen LogP contribution in [0.15, 0.2) is 29.6 Å². The van der Waals surface area contributed by atoms with Crippen LogP contribution in [0.5, 0.6) is 0 Å².